The van der Waals surface area contributed by atoms with E-state index >= 15 is 0 Å². The second-order valence-electron chi connectivity index (χ2n) is 6.31. The van der Waals surface area contributed by atoms with Crippen LogP contribution in [0.4, 0.5) is 5.69 Å². The van der Waals surface area contributed by atoms with Crippen molar-refractivity contribution in [2.24, 2.45) is 5.73 Å². The van der Waals surface area contributed by atoms with Crippen molar-refractivity contribution in [1.29, 1.82) is 5.41 Å². The van der Waals surface area contributed by atoms with Crippen molar-refractivity contribution in [1.82, 2.24) is 10.3 Å². The number of benzene rings is 2. The predicted octanol–water partition coefficient (Wildman–Crippen LogP) is 2.51. The topological polar surface area (TPSA) is 132 Å². The number of nitrogens with two attached hydrogens (primary N) is 1. The number of anilines is 1. The highest BCUT2D eigenvalue weighted by Crippen LogP contribution is 2.27. The van der Waals surface area contributed by atoms with Gasteiger partial charge in [0.2, 0.25) is 5.96 Å². The number of aromatic nitrogens is 1. The van der Waals surface area contributed by atoms with Crippen molar-refractivity contribution in [3.8, 4) is 0 Å². The maximum atomic E-state index is 12.6. The van der Waals surface area contributed by atoms with E-state index < -0.39 is 17.9 Å². The van der Waals surface area contributed by atoms with E-state index in [1.165, 1.54) is 6.20 Å². The first-order valence-electron chi connectivity index (χ1n) is 8.62. The molecule has 3 aromatic rings. The third-order valence-corrected chi connectivity index (χ3v) is 4.67. The van der Waals surface area contributed by atoms with Gasteiger partial charge in [0.1, 0.15) is 6.04 Å². The van der Waals surface area contributed by atoms with Crippen LogP contribution in [0.1, 0.15) is 15.9 Å². The van der Waals surface area contributed by atoms with Crippen molar-refractivity contribution in [3.05, 3.63) is 72.1 Å². The second-order valence-corrected chi connectivity index (χ2v) is 6.65. The smallest absolute Gasteiger partial charge is 0.326 e. The summed E-state index contributed by atoms with van der Waals surface area (Å²) < 4.78 is 0.954. The summed E-state index contributed by atoms with van der Waals surface area (Å²) in [5.41, 5.74) is 6.89. The minimum atomic E-state index is -1.12. The highest BCUT2D eigenvalue weighted by molar-refractivity contribution is 6.38. The van der Waals surface area contributed by atoms with Crippen LogP contribution >= 0.6 is 11.8 Å². The van der Waals surface area contributed by atoms with Crippen LogP contribution < -0.4 is 15.5 Å². The number of amides is 1. The number of rotatable bonds is 6. The standard InChI is InChI=1S/C20H18ClN5O3/c21-26(20(22)23)17-11-24-10-14-9-13(6-7-15(14)17)18(27)25-16(19(28)29)8-12-4-2-1-3-5-12/h1-7,9-11,16H,8H2,(H3,22,23)(H,25,27)(H,28,29)/t16-/m0/s1. The maximum Gasteiger partial charge on any atom is 0.326 e. The molecule has 0 bridgehead atoms. The van der Waals surface area contributed by atoms with Gasteiger partial charge in [-0.3, -0.25) is 15.2 Å². The monoisotopic (exact) mass is 411 g/mol. The van der Waals surface area contributed by atoms with Crippen LogP contribution in [0, 0.1) is 5.41 Å². The molecule has 29 heavy (non-hydrogen) atoms. The summed E-state index contributed by atoms with van der Waals surface area (Å²) in [7, 11) is 0. The molecule has 148 valence electrons. The fourth-order valence-corrected chi connectivity index (χ4v) is 3.01. The lowest BCUT2D eigenvalue weighted by molar-refractivity contribution is -0.139. The van der Waals surface area contributed by atoms with Crippen molar-refractivity contribution < 1.29 is 14.7 Å². The molecule has 8 nitrogen and oxygen atoms in total. The largest absolute Gasteiger partial charge is 0.480 e. The lowest BCUT2D eigenvalue weighted by Crippen LogP contribution is -2.42. The van der Waals surface area contributed by atoms with Crippen LogP contribution in [-0.2, 0) is 11.2 Å². The first-order valence-corrected chi connectivity index (χ1v) is 8.96. The van der Waals surface area contributed by atoms with Gasteiger partial charge in [-0.15, -0.1) is 0 Å². The Morgan fingerprint density at radius 2 is 1.93 bits per heavy atom. The molecule has 0 aliphatic carbocycles. The van der Waals surface area contributed by atoms with Gasteiger partial charge in [-0.1, -0.05) is 36.4 Å². The van der Waals surface area contributed by atoms with E-state index in [0.29, 0.717) is 16.5 Å². The summed E-state index contributed by atoms with van der Waals surface area (Å²) in [4.78, 5) is 28.3. The van der Waals surface area contributed by atoms with Gasteiger partial charge in [0.05, 0.1) is 11.9 Å². The molecule has 0 radical (unpaired) electrons. The first kappa shape index (κ1) is 20.1. The molecule has 0 aliphatic heterocycles. The Hall–Kier alpha value is -3.65. The molecule has 1 atom stereocenters. The number of pyridine rings is 1. The van der Waals surface area contributed by atoms with Gasteiger partial charge in [-0.25, -0.2) is 9.21 Å². The maximum absolute atomic E-state index is 12.6. The Bertz CT molecular complexity index is 1070. The summed E-state index contributed by atoms with van der Waals surface area (Å²) in [5.74, 6) is -2.01. The SMILES string of the molecule is N=C(N)N(Cl)c1cncc2cc(C(=O)N[C@@H](Cc3ccccc3)C(=O)O)ccc12. The van der Waals surface area contributed by atoms with Crippen LogP contribution in [0.3, 0.4) is 0 Å². The summed E-state index contributed by atoms with van der Waals surface area (Å²) >= 11 is 6.00. The highest BCUT2D eigenvalue weighted by atomic mass is 35.5. The summed E-state index contributed by atoms with van der Waals surface area (Å²) in [5, 5.41) is 20.7. The molecular weight excluding hydrogens is 394 g/mol. The molecule has 3 rings (SSSR count). The number of aliphatic carboxylic acids is 1. The molecule has 0 spiro atoms. The van der Waals surface area contributed by atoms with Crippen molar-refractivity contribution in [3.63, 3.8) is 0 Å². The number of carboxylic acids is 1. The molecule has 5 N–H and O–H groups in total. The zero-order chi connectivity index (χ0) is 21.0. The molecule has 0 aliphatic rings. The van der Waals surface area contributed by atoms with E-state index in [4.69, 9.17) is 22.9 Å². The number of carbonyl (C=O) groups excluding carboxylic acids is 1. The van der Waals surface area contributed by atoms with Gasteiger partial charge in [-0.05, 0) is 17.7 Å². The Kier molecular flexibility index (Phi) is 5.94. The molecule has 0 fully saturated rings. The van der Waals surface area contributed by atoms with E-state index in [2.05, 4.69) is 10.3 Å². The third-order valence-electron chi connectivity index (χ3n) is 4.31. The Morgan fingerprint density at radius 3 is 2.59 bits per heavy atom. The van der Waals surface area contributed by atoms with Gasteiger partial charge in [0, 0.05) is 40.7 Å². The summed E-state index contributed by atoms with van der Waals surface area (Å²) in [6.07, 6.45) is 3.16. The lowest BCUT2D eigenvalue weighted by Gasteiger charge is -2.17. The van der Waals surface area contributed by atoms with E-state index in [-0.39, 0.29) is 17.9 Å². The number of halogens is 1. The van der Waals surface area contributed by atoms with Gasteiger partial charge < -0.3 is 16.2 Å². The molecule has 1 heterocycles. The normalized spacial score (nSPS) is 11.6. The first-order chi connectivity index (χ1) is 13.9. The van der Waals surface area contributed by atoms with E-state index in [1.807, 2.05) is 18.2 Å². The molecule has 2 aromatic carbocycles. The van der Waals surface area contributed by atoms with Crippen LogP contribution in [0.25, 0.3) is 10.8 Å². The van der Waals surface area contributed by atoms with Crippen LogP contribution in [0.5, 0.6) is 0 Å². The van der Waals surface area contributed by atoms with Crippen molar-refractivity contribution in [2.75, 3.05) is 4.42 Å². The van der Waals surface area contributed by atoms with E-state index in [1.54, 1.807) is 36.5 Å². The average molecular weight is 412 g/mol. The molecule has 1 amide bonds. The van der Waals surface area contributed by atoms with Gasteiger partial charge in [0.25, 0.3) is 5.91 Å². The van der Waals surface area contributed by atoms with Crippen LogP contribution in [0.2, 0.25) is 0 Å². The van der Waals surface area contributed by atoms with Gasteiger partial charge >= 0.3 is 5.97 Å². The average Bonchev–Trinajstić information content (AvgIpc) is 2.72. The van der Waals surface area contributed by atoms with Gasteiger partial charge in [0.15, 0.2) is 0 Å². The van der Waals surface area contributed by atoms with Crippen molar-refractivity contribution in [2.45, 2.75) is 12.5 Å². The number of guanidine groups is 1. The fraction of sp³-hybridized carbons (Fsp3) is 0.100. The number of nitrogens with one attached hydrogen (secondary N) is 2. The number of hydrogen-bond donors (Lipinski definition) is 4. The lowest BCUT2D eigenvalue weighted by atomic mass is 10.0. The molecule has 1 aromatic heterocycles. The Labute approximate surface area is 171 Å². The van der Waals surface area contributed by atoms with Crippen LogP contribution in [0.15, 0.2) is 60.9 Å². The molecular formula is C20H18ClN5O3. The minimum Gasteiger partial charge on any atom is -0.480 e. The second kappa shape index (κ2) is 8.57. The molecule has 9 heteroatoms. The van der Waals surface area contributed by atoms with E-state index in [0.717, 1.165) is 9.98 Å². The third kappa shape index (κ3) is 4.61. The van der Waals surface area contributed by atoms with Gasteiger partial charge in [-0.2, -0.15) is 0 Å². The van der Waals surface area contributed by atoms with E-state index in [9.17, 15) is 14.7 Å². The number of nitrogens with zero attached hydrogens (tertiary/aromatic N) is 2. The number of fused-ring (bicyclic) bond motifs is 1. The quantitative estimate of drug-likeness (QED) is 0.280. The fourth-order valence-electron chi connectivity index (χ4n) is 2.88. The highest BCUT2D eigenvalue weighted by Gasteiger charge is 2.21. The zero-order valence-corrected chi connectivity index (χ0v) is 15.9. The molecule has 0 saturated heterocycles. The number of hydrogen-bond acceptors (Lipinski definition) is 4. The number of carbonyl (C=O) groups is 2. The minimum absolute atomic E-state index is 0.168. The number of carboxylic acid groups (broad SMARTS) is 1. The summed E-state index contributed by atoms with van der Waals surface area (Å²) in [6.45, 7) is 0. The molecule has 0 saturated carbocycles. The molecule has 0 unspecified atom stereocenters. The predicted molar refractivity (Wildman–Crippen MR) is 111 cm³/mol. The zero-order valence-electron chi connectivity index (χ0n) is 15.2. The summed E-state index contributed by atoms with van der Waals surface area (Å²) in [6, 6.07) is 12.8. The Balaban J connectivity index is 1.84. The van der Waals surface area contributed by atoms with Crippen LogP contribution in [-0.4, -0.2) is 34.0 Å². The van der Waals surface area contributed by atoms with Crippen molar-refractivity contribution >= 4 is 46.1 Å². The Morgan fingerprint density at radius 1 is 1.21 bits per heavy atom.